The van der Waals surface area contributed by atoms with Gasteiger partial charge in [0.05, 0.1) is 0 Å². The minimum Gasteiger partial charge on any atom is -0.0837 e. The van der Waals surface area contributed by atoms with E-state index in [-0.39, 0.29) is 0 Å². The van der Waals surface area contributed by atoms with Crippen LogP contribution in [-0.2, 0) is 0 Å². The lowest BCUT2D eigenvalue weighted by Gasteiger charge is -2.11. The van der Waals surface area contributed by atoms with Crippen molar-refractivity contribution in [2.45, 2.75) is 6.92 Å². The molecule has 0 nitrogen and oxygen atoms in total. The highest BCUT2D eigenvalue weighted by Crippen LogP contribution is 2.35. The lowest BCUT2D eigenvalue weighted by molar-refractivity contribution is 1.47. The minimum atomic E-state index is 0.784. The van der Waals surface area contributed by atoms with Crippen molar-refractivity contribution in [1.82, 2.24) is 0 Å². The highest BCUT2D eigenvalue weighted by atomic mass is 35.5. The van der Waals surface area contributed by atoms with E-state index in [0.29, 0.717) is 0 Å². The van der Waals surface area contributed by atoms with Gasteiger partial charge < -0.3 is 0 Å². The van der Waals surface area contributed by atoms with Gasteiger partial charge in [-0.2, -0.15) is 0 Å². The summed E-state index contributed by atoms with van der Waals surface area (Å²) in [7, 11) is 0. The molecule has 0 aliphatic rings. The summed E-state index contributed by atoms with van der Waals surface area (Å²) in [5.74, 6) is 0. The summed E-state index contributed by atoms with van der Waals surface area (Å²) in [5, 5.41) is 0.784. The zero-order valence-electron chi connectivity index (χ0n) is 11.3. The third-order valence-electron chi connectivity index (χ3n) is 3.45. The van der Waals surface area contributed by atoms with Crippen molar-refractivity contribution in [1.29, 1.82) is 0 Å². The summed E-state index contributed by atoms with van der Waals surface area (Å²) in [6, 6.07) is 24.9. The molecule has 0 spiro atoms. The number of aryl methyl sites for hydroxylation is 1. The Balaban J connectivity index is 2.19. The van der Waals surface area contributed by atoms with Gasteiger partial charge >= 0.3 is 0 Å². The molecule has 0 saturated carbocycles. The van der Waals surface area contributed by atoms with Crippen molar-refractivity contribution < 1.29 is 0 Å². The van der Waals surface area contributed by atoms with E-state index in [9.17, 15) is 0 Å². The summed E-state index contributed by atoms with van der Waals surface area (Å²) < 4.78 is 0. The number of hydrogen-bond acceptors (Lipinski definition) is 0. The Labute approximate surface area is 124 Å². The molecular weight excluding hydrogens is 264 g/mol. The van der Waals surface area contributed by atoms with Gasteiger partial charge in [-0.1, -0.05) is 83.9 Å². The predicted molar refractivity (Wildman–Crippen MR) is 87.1 cm³/mol. The molecule has 0 unspecified atom stereocenters. The van der Waals surface area contributed by atoms with Crippen LogP contribution in [0.5, 0.6) is 0 Å². The van der Waals surface area contributed by atoms with E-state index in [4.69, 9.17) is 11.6 Å². The van der Waals surface area contributed by atoms with Crippen LogP contribution in [0.4, 0.5) is 0 Å². The highest BCUT2D eigenvalue weighted by molar-refractivity contribution is 6.33. The molecule has 0 aromatic heterocycles. The first-order valence-electron chi connectivity index (χ1n) is 6.67. The third kappa shape index (κ3) is 2.48. The zero-order chi connectivity index (χ0) is 13.9. The molecule has 0 saturated heterocycles. The van der Waals surface area contributed by atoms with Gasteiger partial charge in [-0.05, 0) is 29.7 Å². The summed E-state index contributed by atoms with van der Waals surface area (Å²) in [4.78, 5) is 0. The van der Waals surface area contributed by atoms with Crippen molar-refractivity contribution in [2.24, 2.45) is 0 Å². The van der Waals surface area contributed by atoms with Crippen LogP contribution in [0.1, 0.15) is 5.56 Å². The van der Waals surface area contributed by atoms with Crippen molar-refractivity contribution in [3.05, 3.63) is 83.4 Å². The first kappa shape index (κ1) is 13.0. The van der Waals surface area contributed by atoms with E-state index >= 15 is 0 Å². The average molecular weight is 279 g/mol. The van der Waals surface area contributed by atoms with Crippen molar-refractivity contribution in [2.75, 3.05) is 0 Å². The van der Waals surface area contributed by atoms with Gasteiger partial charge in [0.15, 0.2) is 0 Å². The Bertz CT molecular complexity index is 727. The van der Waals surface area contributed by atoms with Gasteiger partial charge in [0.1, 0.15) is 0 Å². The van der Waals surface area contributed by atoms with E-state index in [1.165, 1.54) is 22.3 Å². The first-order chi connectivity index (χ1) is 9.75. The quantitative estimate of drug-likeness (QED) is 0.541. The maximum Gasteiger partial charge on any atom is 0.0484 e. The van der Waals surface area contributed by atoms with Crippen LogP contribution in [0.2, 0.25) is 5.02 Å². The molecule has 0 atom stereocenters. The van der Waals surface area contributed by atoms with E-state index < -0.39 is 0 Å². The number of hydrogen-bond donors (Lipinski definition) is 0. The summed E-state index contributed by atoms with van der Waals surface area (Å²) in [5.41, 5.74) is 5.93. The van der Waals surface area contributed by atoms with E-state index in [2.05, 4.69) is 61.5 Å². The number of halogens is 1. The van der Waals surface area contributed by atoms with Gasteiger partial charge in [0, 0.05) is 10.6 Å². The molecule has 20 heavy (non-hydrogen) atoms. The Morgan fingerprint density at radius 3 is 1.80 bits per heavy atom. The van der Waals surface area contributed by atoms with Gasteiger partial charge in [-0.3, -0.25) is 0 Å². The van der Waals surface area contributed by atoms with Crippen LogP contribution in [0.15, 0.2) is 72.8 Å². The highest BCUT2D eigenvalue weighted by Gasteiger charge is 2.09. The van der Waals surface area contributed by atoms with Crippen LogP contribution >= 0.6 is 11.6 Å². The fourth-order valence-electron chi connectivity index (χ4n) is 2.38. The van der Waals surface area contributed by atoms with Crippen LogP contribution in [0.25, 0.3) is 22.3 Å². The molecule has 98 valence electrons. The normalized spacial score (nSPS) is 10.5. The molecular formula is C19H15Cl. The fraction of sp³-hybridized carbons (Fsp3) is 0.0526. The molecule has 0 N–H and O–H groups in total. The second-order valence-electron chi connectivity index (χ2n) is 4.89. The maximum atomic E-state index is 6.34. The maximum absolute atomic E-state index is 6.34. The predicted octanol–water partition coefficient (Wildman–Crippen LogP) is 5.98. The SMILES string of the molecule is Cc1ccc(-c2ccccc2-c2ccccc2Cl)cc1. The van der Waals surface area contributed by atoms with Crippen LogP contribution < -0.4 is 0 Å². The molecule has 3 aromatic carbocycles. The molecule has 0 radical (unpaired) electrons. The summed E-state index contributed by atoms with van der Waals surface area (Å²) in [6.45, 7) is 2.10. The molecule has 0 heterocycles. The zero-order valence-corrected chi connectivity index (χ0v) is 12.1. The molecule has 0 fully saturated rings. The molecule has 0 aliphatic carbocycles. The van der Waals surface area contributed by atoms with E-state index in [0.717, 1.165) is 10.6 Å². The Kier molecular flexibility index (Phi) is 3.58. The molecule has 0 amide bonds. The fourth-order valence-corrected chi connectivity index (χ4v) is 2.62. The first-order valence-corrected chi connectivity index (χ1v) is 7.04. The molecule has 0 bridgehead atoms. The standard InChI is InChI=1S/C19H15Cl/c1-14-10-12-15(13-11-14)16-6-2-3-7-17(16)18-8-4-5-9-19(18)20/h2-13H,1H3. The Morgan fingerprint density at radius 1 is 0.600 bits per heavy atom. The molecule has 3 aromatic rings. The smallest absolute Gasteiger partial charge is 0.0484 e. The number of benzene rings is 3. The van der Waals surface area contributed by atoms with E-state index in [1.807, 2.05) is 18.2 Å². The second kappa shape index (κ2) is 5.52. The largest absolute Gasteiger partial charge is 0.0837 e. The van der Waals surface area contributed by atoms with Crippen molar-refractivity contribution >= 4 is 11.6 Å². The van der Waals surface area contributed by atoms with Gasteiger partial charge in [0.25, 0.3) is 0 Å². The van der Waals surface area contributed by atoms with Crippen molar-refractivity contribution in [3.8, 4) is 22.3 Å². The molecule has 0 aliphatic heterocycles. The monoisotopic (exact) mass is 278 g/mol. The summed E-state index contributed by atoms with van der Waals surface area (Å²) >= 11 is 6.34. The average Bonchev–Trinajstić information content (AvgIpc) is 2.49. The third-order valence-corrected chi connectivity index (χ3v) is 3.78. The van der Waals surface area contributed by atoms with Gasteiger partial charge in [0.2, 0.25) is 0 Å². The molecule has 1 heteroatoms. The second-order valence-corrected chi connectivity index (χ2v) is 5.30. The van der Waals surface area contributed by atoms with Crippen LogP contribution in [0.3, 0.4) is 0 Å². The Morgan fingerprint density at radius 2 is 1.15 bits per heavy atom. The minimum absolute atomic E-state index is 0.784. The topological polar surface area (TPSA) is 0 Å². The molecule has 3 rings (SSSR count). The number of rotatable bonds is 2. The lowest BCUT2D eigenvalue weighted by Crippen LogP contribution is -1.86. The van der Waals surface area contributed by atoms with Crippen LogP contribution in [0, 0.1) is 6.92 Å². The summed E-state index contributed by atoms with van der Waals surface area (Å²) in [6.07, 6.45) is 0. The van der Waals surface area contributed by atoms with Gasteiger partial charge in [-0.25, -0.2) is 0 Å². The van der Waals surface area contributed by atoms with Crippen LogP contribution in [-0.4, -0.2) is 0 Å². The van der Waals surface area contributed by atoms with E-state index in [1.54, 1.807) is 0 Å². The lowest BCUT2D eigenvalue weighted by atomic mass is 9.94. The Hall–Kier alpha value is -2.05. The van der Waals surface area contributed by atoms with Gasteiger partial charge in [-0.15, -0.1) is 0 Å². The van der Waals surface area contributed by atoms with Crippen molar-refractivity contribution in [3.63, 3.8) is 0 Å².